The third kappa shape index (κ3) is 3.66. The molecule has 0 atom stereocenters. The van der Waals surface area contributed by atoms with Gasteiger partial charge in [0.05, 0.1) is 25.4 Å². The first-order valence-corrected chi connectivity index (χ1v) is 5.77. The van der Waals surface area contributed by atoms with Crippen molar-refractivity contribution < 1.29 is 15.3 Å². The topological polar surface area (TPSA) is 72.7 Å². The highest BCUT2D eigenvalue weighted by molar-refractivity contribution is 6.31. The van der Waals surface area contributed by atoms with Crippen LogP contribution in [0.2, 0.25) is 5.02 Å². The van der Waals surface area contributed by atoms with Crippen molar-refractivity contribution in [1.82, 2.24) is 5.32 Å². The monoisotopic (exact) mass is 259 g/mol. The first kappa shape index (κ1) is 14.4. The van der Waals surface area contributed by atoms with E-state index in [0.717, 1.165) is 11.1 Å². The second kappa shape index (κ2) is 6.33. The van der Waals surface area contributed by atoms with Crippen LogP contribution >= 0.6 is 11.6 Å². The van der Waals surface area contributed by atoms with Crippen molar-refractivity contribution in [3.63, 3.8) is 0 Å². The Morgan fingerprint density at radius 1 is 1.18 bits per heavy atom. The minimum absolute atomic E-state index is 0.344. The molecule has 1 aromatic carbocycles. The summed E-state index contributed by atoms with van der Waals surface area (Å²) in [4.78, 5) is 0. The van der Waals surface area contributed by atoms with E-state index in [9.17, 15) is 0 Å². The van der Waals surface area contributed by atoms with Crippen LogP contribution < -0.4 is 5.32 Å². The maximum absolute atomic E-state index is 9.15. The van der Waals surface area contributed by atoms with E-state index in [1.165, 1.54) is 0 Å². The lowest BCUT2D eigenvalue weighted by Crippen LogP contribution is -2.54. The molecule has 0 unspecified atom stereocenters. The molecule has 0 heterocycles. The molecule has 0 fully saturated rings. The summed E-state index contributed by atoms with van der Waals surface area (Å²) in [7, 11) is 0. The number of rotatable bonds is 6. The molecule has 0 aliphatic rings. The molecule has 4 N–H and O–H groups in total. The number of aliphatic hydroxyl groups excluding tert-OH is 3. The molecule has 0 saturated heterocycles. The number of aliphatic hydroxyl groups is 3. The summed E-state index contributed by atoms with van der Waals surface area (Å²) in [5.74, 6) is 0. The fraction of sp³-hybridized carbons (Fsp3) is 0.500. The van der Waals surface area contributed by atoms with Crippen molar-refractivity contribution in [3.8, 4) is 0 Å². The van der Waals surface area contributed by atoms with E-state index in [1.54, 1.807) is 0 Å². The molecule has 0 saturated carbocycles. The van der Waals surface area contributed by atoms with E-state index in [-0.39, 0.29) is 19.8 Å². The Kier molecular flexibility index (Phi) is 5.36. The van der Waals surface area contributed by atoms with E-state index in [4.69, 9.17) is 26.9 Å². The van der Waals surface area contributed by atoms with Crippen LogP contribution in [-0.2, 0) is 6.54 Å². The molecular weight excluding hydrogens is 242 g/mol. The van der Waals surface area contributed by atoms with Crippen LogP contribution in [0.1, 0.15) is 11.1 Å². The van der Waals surface area contributed by atoms with Gasteiger partial charge in [-0.3, -0.25) is 0 Å². The average molecular weight is 260 g/mol. The predicted molar refractivity (Wildman–Crippen MR) is 67.0 cm³/mol. The number of hydrogen-bond acceptors (Lipinski definition) is 4. The summed E-state index contributed by atoms with van der Waals surface area (Å²) in [5, 5.41) is 31.0. The molecule has 5 heteroatoms. The van der Waals surface area contributed by atoms with Gasteiger partial charge in [-0.05, 0) is 24.1 Å². The zero-order valence-corrected chi connectivity index (χ0v) is 10.5. The van der Waals surface area contributed by atoms with E-state index in [2.05, 4.69) is 5.32 Å². The number of nitrogens with one attached hydrogen (secondary N) is 1. The van der Waals surface area contributed by atoms with E-state index < -0.39 is 5.54 Å². The van der Waals surface area contributed by atoms with Crippen molar-refractivity contribution in [2.45, 2.75) is 19.0 Å². The zero-order valence-electron chi connectivity index (χ0n) is 9.78. The average Bonchev–Trinajstić information content (AvgIpc) is 2.33. The second-order valence-corrected chi connectivity index (χ2v) is 4.61. The van der Waals surface area contributed by atoms with Crippen LogP contribution in [0.3, 0.4) is 0 Å². The van der Waals surface area contributed by atoms with Gasteiger partial charge in [-0.25, -0.2) is 0 Å². The molecule has 0 aliphatic heterocycles. The molecule has 0 aliphatic carbocycles. The van der Waals surface area contributed by atoms with Gasteiger partial charge in [0, 0.05) is 11.6 Å². The molecule has 96 valence electrons. The molecule has 17 heavy (non-hydrogen) atoms. The standard InChI is InChI=1S/C12H18ClNO3/c1-9-2-3-10(11(13)4-9)5-14-12(6-15,7-16)8-17/h2-4,14-17H,5-8H2,1H3. The van der Waals surface area contributed by atoms with Gasteiger partial charge in [0.2, 0.25) is 0 Å². The number of aryl methyl sites for hydroxylation is 1. The molecule has 0 radical (unpaired) electrons. The third-order valence-electron chi connectivity index (χ3n) is 2.77. The van der Waals surface area contributed by atoms with Crippen LogP contribution in [0.25, 0.3) is 0 Å². The lowest BCUT2D eigenvalue weighted by Gasteiger charge is -2.29. The van der Waals surface area contributed by atoms with Gasteiger partial charge < -0.3 is 20.6 Å². The van der Waals surface area contributed by atoms with E-state index in [0.29, 0.717) is 11.6 Å². The number of benzene rings is 1. The Morgan fingerprint density at radius 2 is 1.76 bits per heavy atom. The van der Waals surface area contributed by atoms with Gasteiger partial charge >= 0.3 is 0 Å². The van der Waals surface area contributed by atoms with Crippen LogP contribution in [0.5, 0.6) is 0 Å². The SMILES string of the molecule is Cc1ccc(CNC(CO)(CO)CO)c(Cl)c1. The Labute approximate surface area is 106 Å². The highest BCUT2D eigenvalue weighted by atomic mass is 35.5. The van der Waals surface area contributed by atoms with Gasteiger partial charge in [0.1, 0.15) is 0 Å². The lowest BCUT2D eigenvalue weighted by atomic mass is 10.0. The lowest BCUT2D eigenvalue weighted by molar-refractivity contribution is 0.0414. The maximum atomic E-state index is 9.15. The Morgan fingerprint density at radius 3 is 2.24 bits per heavy atom. The molecular formula is C12H18ClNO3. The fourth-order valence-corrected chi connectivity index (χ4v) is 1.70. The molecule has 1 aromatic rings. The van der Waals surface area contributed by atoms with Crippen molar-refractivity contribution in [3.05, 3.63) is 34.3 Å². The molecule has 0 spiro atoms. The summed E-state index contributed by atoms with van der Waals surface area (Å²) < 4.78 is 0. The summed E-state index contributed by atoms with van der Waals surface area (Å²) in [6.07, 6.45) is 0. The quantitative estimate of drug-likeness (QED) is 0.599. The number of halogens is 1. The van der Waals surface area contributed by atoms with Crippen molar-refractivity contribution in [2.75, 3.05) is 19.8 Å². The second-order valence-electron chi connectivity index (χ2n) is 4.20. The molecule has 1 rings (SSSR count). The highest BCUT2D eigenvalue weighted by Gasteiger charge is 2.27. The van der Waals surface area contributed by atoms with Crippen LogP contribution in [0, 0.1) is 6.92 Å². The van der Waals surface area contributed by atoms with Gasteiger partial charge in [0.25, 0.3) is 0 Å². The van der Waals surface area contributed by atoms with Gasteiger partial charge in [0.15, 0.2) is 0 Å². The largest absolute Gasteiger partial charge is 0.394 e. The zero-order chi connectivity index (χ0) is 12.9. The fourth-order valence-electron chi connectivity index (χ4n) is 1.40. The number of hydrogen-bond donors (Lipinski definition) is 4. The first-order valence-electron chi connectivity index (χ1n) is 5.39. The van der Waals surface area contributed by atoms with Crippen molar-refractivity contribution >= 4 is 11.6 Å². The summed E-state index contributed by atoms with van der Waals surface area (Å²) >= 11 is 6.06. The normalized spacial score (nSPS) is 11.8. The van der Waals surface area contributed by atoms with Crippen LogP contribution in [-0.4, -0.2) is 40.7 Å². The van der Waals surface area contributed by atoms with E-state index >= 15 is 0 Å². The van der Waals surface area contributed by atoms with Crippen molar-refractivity contribution in [2.24, 2.45) is 0 Å². The van der Waals surface area contributed by atoms with Crippen molar-refractivity contribution in [1.29, 1.82) is 0 Å². The maximum Gasteiger partial charge on any atom is 0.0884 e. The summed E-state index contributed by atoms with van der Waals surface area (Å²) in [5.41, 5.74) is 0.849. The summed E-state index contributed by atoms with van der Waals surface area (Å²) in [6.45, 7) is 1.29. The van der Waals surface area contributed by atoms with E-state index in [1.807, 2.05) is 25.1 Å². The van der Waals surface area contributed by atoms with Gasteiger partial charge in [-0.15, -0.1) is 0 Å². The van der Waals surface area contributed by atoms with Gasteiger partial charge in [-0.2, -0.15) is 0 Å². The predicted octanol–water partition coefficient (Wildman–Crippen LogP) is 0.454. The van der Waals surface area contributed by atoms with Gasteiger partial charge in [-0.1, -0.05) is 23.7 Å². The minimum atomic E-state index is -1.08. The molecule has 0 aromatic heterocycles. The summed E-state index contributed by atoms with van der Waals surface area (Å²) in [6, 6.07) is 5.65. The third-order valence-corrected chi connectivity index (χ3v) is 3.12. The molecule has 0 bridgehead atoms. The molecule has 4 nitrogen and oxygen atoms in total. The first-order chi connectivity index (χ1) is 8.06. The smallest absolute Gasteiger partial charge is 0.0884 e. The Hall–Kier alpha value is -0.650. The highest BCUT2D eigenvalue weighted by Crippen LogP contribution is 2.18. The Balaban J connectivity index is 2.72. The Bertz CT molecular complexity index is 359. The van der Waals surface area contributed by atoms with Crippen LogP contribution in [0.15, 0.2) is 18.2 Å². The molecule has 0 amide bonds. The minimum Gasteiger partial charge on any atom is -0.394 e. The van der Waals surface area contributed by atoms with Crippen LogP contribution in [0.4, 0.5) is 0 Å².